The molecule has 0 aliphatic heterocycles. The van der Waals surface area contributed by atoms with Crippen LogP contribution in [0.15, 0.2) is 18.2 Å². The van der Waals surface area contributed by atoms with Crippen LogP contribution in [-0.4, -0.2) is 32.6 Å². The van der Waals surface area contributed by atoms with Gasteiger partial charge in [-0.15, -0.1) is 0 Å². The number of benzene rings is 1. The summed E-state index contributed by atoms with van der Waals surface area (Å²) in [4.78, 5) is 2.02. The Morgan fingerprint density at radius 1 is 1.44 bits per heavy atom. The molecule has 0 saturated heterocycles. The molecule has 1 rings (SSSR count). The second-order valence-corrected chi connectivity index (χ2v) is 4.17. The van der Waals surface area contributed by atoms with Gasteiger partial charge in [-0.1, -0.05) is 12.1 Å². The third-order valence-corrected chi connectivity index (χ3v) is 2.52. The predicted molar refractivity (Wildman–Crippen MR) is 64.6 cm³/mol. The van der Waals surface area contributed by atoms with Crippen molar-refractivity contribution >= 4 is 0 Å². The quantitative estimate of drug-likeness (QED) is 0.777. The van der Waals surface area contributed by atoms with E-state index in [0.717, 1.165) is 23.4 Å². The van der Waals surface area contributed by atoms with Crippen molar-refractivity contribution in [1.29, 1.82) is 5.26 Å². The first-order valence-electron chi connectivity index (χ1n) is 5.27. The summed E-state index contributed by atoms with van der Waals surface area (Å²) in [6.45, 7) is 2.73. The molecule has 0 spiro atoms. The van der Waals surface area contributed by atoms with E-state index < -0.39 is 0 Å². The van der Waals surface area contributed by atoms with Gasteiger partial charge >= 0.3 is 0 Å². The molecule has 0 amide bonds. The van der Waals surface area contributed by atoms with Gasteiger partial charge in [0.15, 0.2) is 0 Å². The minimum absolute atomic E-state index is 0.0837. The van der Waals surface area contributed by atoms with Crippen molar-refractivity contribution in [2.45, 2.75) is 12.8 Å². The third kappa shape index (κ3) is 2.98. The lowest BCUT2D eigenvalue weighted by molar-refractivity contribution is 0.397. The Hall–Kier alpha value is -1.53. The van der Waals surface area contributed by atoms with Crippen LogP contribution in [0.5, 0.6) is 5.75 Å². The molecule has 1 aromatic carbocycles. The minimum atomic E-state index is -0.0837. The van der Waals surface area contributed by atoms with E-state index in [9.17, 15) is 0 Å². The Morgan fingerprint density at radius 3 is 2.56 bits per heavy atom. The normalized spacial score (nSPS) is 12.2. The predicted octanol–water partition coefficient (Wildman–Crippen LogP) is 2.17. The third-order valence-electron chi connectivity index (χ3n) is 2.52. The summed E-state index contributed by atoms with van der Waals surface area (Å²) in [5.74, 6) is 0.782. The van der Waals surface area contributed by atoms with Crippen molar-refractivity contribution in [2.24, 2.45) is 0 Å². The highest BCUT2D eigenvalue weighted by molar-refractivity contribution is 5.39. The van der Waals surface area contributed by atoms with Gasteiger partial charge in [0, 0.05) is 6.54 Å². The lowest BCUT2D eigenvalue weighted by Gasteiger charge is -2.16. The molecule has 0 aliphatic rings. The molecule has 1 atom stereocenters. The van der Waals surface area contributed by atoms with Crippen LogP contribution in [0.4, 0.5) is 0 Å². The summed E-state index contributed by atoms with van der Waals surface area (Å²) < 4.78 is 5.20. The number of nitriles is 1. The Morgan fingerprint density at radius 2 is 2.12 bits per heavy atom. The van der Waals surface area contributed by atoms with E-state index in [4.69, 9.17) is 10.00 Å². The first-order chi connectivity index (χ1) is 7.58. The van der Waals surface area contributed by atoms with Crippen LogP contribution in [0.1, 0.15) is 17.0 Å². The van der Waals surface area contributed by atoms with Crippen molar-refractivity contribution < 1.29 is 4.74 Å². The fraction of sp³-hybridized carbons (Fsp3) is 0.462. The maximum absolute atomic E-state index is 9.14. The zero-order valence-corrected chi connectivity index (χ0v) is 10.3. The standard InChI is InChI=1S/C13H18N2O/c1-10-7-11(5-6-13(10)16-4)12(8-14)9-15(2)3/h5-7,12H,9H2,1-4H3. The fourth-order valence-corrected chi connectivity index (χ4v) is 1.70. The first-order valence-corrected chi connectivity index (χ1v) is 5.27. The lowest BCUT2D eigenvalue weighted by Crippen LogP contribution is -2.19. The summed E-state index contributed by atoms with van der Waals surface area (Å²) in [5, 5.41) is 9.14. The van der Waals surface area contributed by atoms with E-state index in [2.05, 4.69) is 6.07 Å². The number of hydrogen-bond acceptors (Lipinski definition) is 3. The van der Waals surface area contributed by atoms with Crippen LogP contribution < -0.4 is 4.74 Å². The van der Waals surface area contributed by atoms with Crippen LogP contribution in [0, 0.1) is 18.3 Å². The zero-order chi connectivity index (χ0) is 12.1. The van der Waals surface area contributed by atoms with Crippen molar-refractivity contribution in [3.05, 3.63) is 29.3 Å². The van der Waals surface area contributed by atoms with E-state index >= 15 is 0 Å². The summed E-state index contributed by atoms with van der Waals surface area (Å²) in [6.07, 6.45) is 0. The summed E-state index contributed by atoms with van der Waals surface area (Å²) in [7, 11) is 5.60. The number of hydrogen-bond donors (Lipinski definition) is 0. The molecule has 0 heterocycles. The van der Waals surface area contributed by atoms with Gasteiger partial charge in [-0.3, -0.25) is 0 Å². The van der Waals surface area contributed by atoms with Gasteiger partial charge in [-0.25, -0.2) is 0 Å². The average molecular weight is 218 g/mol. The molecule has 0 aliphatic carbocycles. The Kier molecular flexibility index (Phi) is 4.33. The van der Waals surface area contributed by atoms with Crippen LogP contribution in [0.2, 0.25) is 0 Å². The molecule has 3 nitrogen and oxygen atoms in total. The van der Waals surface area contributed by atoms with Crippen LogP contribution in [-0.2, 0) is 0 Å². The number of aryl methyl sites for hydroxylation is 1. The van der Waals surface area contributed by atoms with Gasteiger partial charge in [-0.2, -0.15) is 5.26 Å². The van der Waals surface area contributed by atoms with E-state index in [-0.39, 0.29) is 5.92 Å². The smallest absolute Gasteiger partial charge is 0.121 e. The number of methoxy groups -OCH3 is 1. The molecule has 0 fully saturated rings. The molecule has 0 N–H and O–H groups in total. The molecule has 3 heteroatoms. The van der Waals surface area contributed by atoms with E-state index in [1.165, 1.54) is 0 Å². The molecule has 0 aromatic heterocycles. The molecule has 86 valence electrons. The largest absolute Gasteiger partial charge is 0.496 e. The van der Waals surface area contributed by atoms with Crippen LogP contribution in [0.25, 0.3) is 0 Å². The number of ether oxygens (including phenoxy) is 1. The van der Waals surface area contributed by atoms with Crippen molar-refractivity contribution in [3.8, 4) is 11.8 Å². The summed E-state index contributed by atoms with van der Waals surface area (Å²) >= 11 is 0. The maximum Gasteiger partial charge on any atom is 0.121 e. The molecule has 1 unspecified atom stereocenters. The Labute approximate surface area is 97.3 Å². The van der Waals surface area contributed by atoms with Crippen LogP contribution in [0.3, 0.4) is 0 Å². The number of likely N-dealkylation sites (N-methyl/N-ethyl adjacent to an activating group) is 1. The van der Waals surface area contributed by atoms with Gasteiger partial charge in [0.2, 0.25) is 0 Å². The highest BCUT2D eigenvalue weighted by Crippen LogP contribution is 2.23. The molecule has 16 heavy (non-hydrogen) atoms. The number of nitrogens with zero attached hydrogens (tertiary/aromatic N) is 2. The first kappa shape index (κ1) is 12.5. The van der Waals surface area contributed by atoms with Gasteiger partial charge in [0.1, 0.15) is 5.75 Å². The summed E-state index contributed by atoms with van der Waals surface area (Å²) in [6, 6.07) is 8.24. The lowest BCUT2D eigenvalue weighted by atomic mass is 9.98. The van der Waals surface area contributed by atoms with Crippen molar-refractivity contribution in [2.75, 3.05) is 27.7 Å². The Balaban J connectivity index is 2.95. The molecule has 0 saturated carbocycles. The molecule has 1 aromatic rings. The second kappa shape index (κ2) is 5.53. The zero-order valence-electron chi connectivity index (χ0n) is 10.3. The number of rotatable bonds is 4. The van der Waals surface area contributed by atoms with Gasteiger partial charge in [-0.05, 0) is 38.2 Å². The average Bonchev–Trinajstić information content (AvgIpc) is 2.25. The monoisotopic (exact) mass is 218 g/mol. The molecular weight excluding hydrogens is 200 g/mol. The topological polar surface area (TPSA) is 36.3 Å². The van der Waals surface area contributed by atoms with E-state index in [1.54, 1.807) is 7.11 Å². The van der Waals surface area contributed by atoms with E-state index in [0.29, 0.717) is 0 Å². The minimum Gasteiger partial charge on any atom is -0.496 e. The van der Waals surface area contributed by atoms with Crippen molar-refractivity contribution in [1.82, 2.24) is 4.90 Å². The molecule has 0 bridgehead atoms. The van der Waals surface area contributed by atoms with Crippen molar-refractivity contribution in [3.63, 3.8) is 0 Å². The highest BCUT2D eigenvalue weighted by Gasteiger charge is 2.12. The highest BCUT2D eigenvalue weighted by atomic mass is 16.5. The summed E-state index contributed by atoms with van der Waals surface area (Å²) in [5.41, 5.74) is 2.12. The van der Waals surface area contributed by atoms with Gasteiger partial charge in [0.25, 0.3) is 0 Å². The Bertz CT molecular complexity index is 393. The second-order valence-electron chi connectivity index (χ2n) is 4.17. The molecule has 0 radical (unpaired) electrons. The SMILES string of the molecule is COc1ccc(C(C#N)CN(C)C)cc1C. The van der Waals surface area contributed by atoms with Crippen LogP contribution >= 0.6 is 0 Å². The fourth-order valence-electron chi connectivity index (χ4n) is 1.70. The van der Waals surface area contributed by atoms with Gasteiger partial charge < -0.3 is 9.64 Å². The maximum atomic E-state index is 9.14. The van der Waals surface area contributed by atoms with E-state index in [1.807, 2.05) is 44.1 Å². The molecular formula is C13H18N2O. The van der Waals surface area contributed by atoms with Gasteiger partial charge in [0.05, 0.1) is 19.1 Å².